The highest BCUT2D eigenvalue weighted by atomic mass is 16.6. The Morgan fingerprint density at radius 2 is 1.64 bits per heavy atom. The molecule has 0 aromatic rings. The van der Waals surface area contributed by atoms with E-state index in [4.69, 9.17) is 4.74 Å². The largest absolute Gasteiger partial charge is 0.467 e. The molecule has 0 bridgehead atoms. The zero-order valence-electron chi connectivity index (χ0n) is 14.5. The van der Waals surface area contributed by atoms with Gasteiger partial charge in [-0.2, -0.15) is 0 Å². The first-order chi connectivity index (χ1) is 9.95. The standard InChI is InChI=1S/C16H29NO5/c1-14(2,3)22-13(20)17-16(9-7-8-10-16)15(4,5)11(18)12(19)21-6/h11,18H,7-10H2,1-6H3,(H,17,20). The van der Waals surface area contributed by atoms with Crippen LogP contribution in [0.15, 0.2) is 0 Å². The fourth-order valence-electron chi connectivity index (χ4n) is 3.08. The molecule has 6 heteroatoms. The van der Waals surface area contributed by atoms with Gasteiger partial charge in [0.05, 0.1) is 12.6 Å². The smallest absolute Gasteiger partial charge is 0.408 e. The van der Waals surface area contributed by atoms with Crippen LogP contribution in [0.4, 0.5) is 4.79 Å². The van der Waals surface area contributed by atoms with E-state index in [1.54, 1.807) is 34.6 Å². The third-order valence-electron chi connectivity index (χ3n) is 4.54. The molecule has 0 heterocycles. The number of amides is 1. The van der Waals surface area contributed by atoms with Crippen LogP contribution < -0.4 is 5.32 Å². The Labute approximate surface area is 132 Å². The van der Waals surface area contributed by atoms with Crippen molar-refractivity contribution in [3.05, 3.63) is 0 Å². The van der Waals surface area contributed by atoms with Gasteiger partial charge in [0.25, 0.3) is 0 Å². The highest BCUT2D eigenvalue weighted by Crippen LogP contribution is 2.46. The molecule has 1 atom stereocenters. The number of ether oxygens (including phenoxy) is 2. The summed E-state index contributed by atoms with van der Waals surface area (Å²) in [5.41, 5.74) is -2.16. The van der Waals surface area contributed by atoms with E-state index in [1.165, 1.54) is 7.11 Å². The average Bonchev–Trinajstić information content (AvgIpc) is 2.84. The van der Waals surface area contributed by atoms with E-state index in [0.717, 1.165) is 12.8 Å². The van der Waals surface area contributed by atoms with E-state index in [2.05, 4.69) is 10.1 Å². The molecule has 0 radical (unpaired) electrons. The summed E-state index contributed by atoms with van der Waals surface area (Å²) in [5.74, 6) is -0.692. The van der Waals surface area contributed by atoms with Crippen LogP contribution in [0.25, 0.3) is 0 Å². The van der Waals surface area contributed by atoms with Gasteiger partial charge in [-0.05, 0) is 33.6 Å². The number of aliphatic hydroxyl groups is 1. The third kappa shape index (κ3) is 3.91. The number of hydrogen-bond donors (Lipinski definition) is 2. The molecule has 128 valence electrons. The fraction of sp³-hybridized carbons (Fsp3) is 0.875. The molecule has 1 aliphatic rings. The minimum atomic E-state index is -1.31. The monoisotopic (exact) mass is 315 g/mol. The van der Waals surface area contributed by atoms with Gasteiger partial charge in [-0.15, -0.1) is 0 Å². The lowest BCUT2D eigenvalue weighted by Gasteiger charge is -2.46. The number of aliphatic hydroxyl groups excluding tert-OH is 1. The number of rotatable bonds is 4. The molecule has 1 aliphatic carbocycles. The van der Waals surface area contributed by atoms with Gasteiger partial charge in [-0.1, -0.05) is 26.7 Å². The van der Waals surface area contributed by atoms with Crippen molar-refractivity contribution in [2.75, 3.05) is 7.11 Å². The zero-order valence-corrected chi connectivity index (χ0v) is 14.5. The van der Waals surface area contributed by atoms with Crippen LogP contribution in [-0.2, 0) is 14.3 Å². The number of esters is 1. The van der Waals surface area contributed by atoms with E-state index < -0.39 is 34.7 Å². The number of methoxy groups -OCH3 is 1. The van der Waals surface area contributed by atoms with Gasteiger partial charge in [-0.3, -0.25) is 0 Å². The zero-order chi connectivity index (χ0) is 17.2. The van der Waals surface area contributed by atoms with Crippen molar-refractivity contribution in [1.82, 2.24) is 5.32 Å². The number of alkyl carbamates (subject to hydrolysis) is 1. The molecule has 1 unspecified atom stereocenters. The van der Waals surface area contributed by atoms with E-state index in [0.29, 0.717) is 12.8 Å². The quantitative estimate of drug-likeness (QED) is 0.778. The van der Waals surface area contributed by atoms with E-state index in [9.17, 15) is 14.7 Å². The van der Waals surface area contributed by atoms with Gasteiger partial charge in [0.2, 0.25) is 0 Å². The van der Waals surface area contributed by atoms with Crippen LogP contribution in [0.1, 0.15) is 60.3 Å². The molecule has 1 amide bonds. The molecule has 22 heavy (non-hydrogen) atoms. The molecule has 0 saturated heterocycles. The molecule has 0 spiro atoms. The molecule has 6 nitrogen and oxygen atoms in total. The lowest BCUT2D eigenvalue weighted by Crippen LogP contribution is -2.62. The first-order valence-corrected chi connectivity index (χ1v) is 7.72. The van der Waals surface area contributed by atoms with Gasteiger partial charge >= 0.3 is 12.1 Å². The van der Waals surface area contributed by atoms with Crippen LogP contribution in [0.3, 0.4) is 0 Å². The predicted octanol–water partition coefficient (Wildman–Crippen LogP) is 2.38. The van der Waals surface area contributed by atoms with Gasteiger partial charge < -0.3 is 19.9 Å². The van der Waals surface area contributed by atoms with Crippen molar-refractivity contribution in [1.29, 1.82) is 0 Å². The molecule has 1 fully saturated rings. The average molecular weight is 315 g/mol. The van der Waals surface area contributed by atoms with Gasteiger partial charge in [0.15, 0.2) is 6.10 Å². The van der Waals surface area contributed by atoms with Crippen LogP contribution in [0.5, 0.6) is 0 Å². The highest BCUT2D eigenvalue weighted by Gasteiger charge is 2.54. The molecule has 0 aromatic carbocycles. The van der Waals surface area contributed by atoms with Crippen molar-refractivity contribution < 1.29 is 24.2 Å². The highest BCUT2D eigenvalue weighted by molar-refractivity contribution is 5.76. The second kappa shape index (κ2) is 6.44. The number of carbonyl (C=O) groups is 2. The summed E-state index contributed by atoms with van der Waals surface area (Å²) in [7, 11) is 1.24. The molecule has 1 rings (SSSR count). The first-order valence-electron chi connectivity index (χ1n) is 7.72. The van der Waals surface area contributed by atoms with Crippen LogP contribution in [0, 0.1) is 5.41 Å². The Kier molecular flexibility index (Phi) is 5.49. The maximum Gasteiger partial charge on any atom is 0.408 e. The van der Waals surface area contributed by atoms with Crippen LogP contribution in [0.2, 0.25) is 0 Å². The third-order valence-corrected chi connectivity index (χ3v) is 4.54. The van der Waals surface area contributed by atoms with Gasteiger partial charge in [0, 0.05) is 5.41 Å². The Morgan fingerprint density at radius 3 is 2.05 bits per heavy atom. The maximum absolute atomic E-state index is 12.2. The summed E-state index contributed by atoms with van der Waals surface area (Å²) >= 11 is 0. The number of nitrogens with one attached hydrogen (secondary N) is 1. The van der Waals surface area contributed by atoms with Crippen molar-refractivity contribution in [2.24, 2.45) is 5.41 Å². The summed E-state index contributed by atoms with van der Waals surface area (Å²) in [5, 5.41) is 13.3. The topological polar surface area (TPSA) is 84.9 Å². The van der Waals surface area contributed by atoms with Crippen LogP contribution in [-0.4, -0.2) is 41.5 Å². The Morgan fingerprint density at radius 1 is 1.14 bits per heavy atom. The van der Waals surface area contributed by atoms with Gasteiger partial charge in [0.1, 0.15) is 5.60 Å². The summed E-state index contributed by atoms with van der Waals surface area (Å²) in [6, 6.07) is 0. The summed E-state index contributed by atoms with van der Waals surface area (Å²) in [6.45, 7) is 8.93. The Balaban J connectivity index is 3.00. The van der Waals surface area contributed by atoms with Crippen molar-refractivity contribution in [2.45, 2.75) is 77.5 Å². The molecular formula is C16H29NO5. The molecule has 2 N–H and O–H groups in total. The van der Waals surface area contributed by atoms with Gasteiger partial charge in [-0.25, -0.2) is 9.59 Å². The Bertz CT molecular complexity index is 419. The molecular weight excluding hydrogens is 286 g/mol. The fourth-order valence-corrected chi connectivity index (χ4v) is 3.08. The van der Waals surface area contributed by atoms with Crippen molar-refractivity contribution >= 4 is 12.1 Å². The lowest BCUT2D eigenvalue weighted by atomic mass is 9.67. The SMILES string of the molecule is COC(=O)C(O)C(C)(C)C1(NC(=O)OC(C)(C)C)CCCC1. The Hall–Kier alpha value is -1.30. The minimum Gasteiger partial charge on any atom is -0.467 e. The van der Waals surface area contributed by atoms with E-state index in [-0.39, 0.29) is 0 Å². The minimum absolute atomic E-state index is 0.528. The molecule has 0 aliphatic heterocycles. The van der Waals surface area contributed by atoms with Crippen molar-refractivity contribution in [3.63, 3.8) is 0 Å². The normalized spacial score (nSPS) is 19.4. The second-order valence-electron chi connectivity index (χ2n) is 7.56. The van der Waals surface area contributed by atoms with Crippen molar-refractivity contribution in [3.8, 4) is 0 Å². The summed E-state index contributed by atoms with van der Waals surface area (Å²) in [6.07, 6.45) is 1.38. The predicted molar refractivity (Wildman–Crippen MR) is 82.4 cm³/mol. The lowest BCUT2D eigenvalue weighted by molar-refractivity contribution is -0.161. The first kappa shape index (κ1) is 18.7. The van der Waals surface area contributed by atoms with E-state index >= 15 is 0 Å². The molecule has 1 saturated carbocycles. The number of hydrogen-bond acceptors (Lipinski definition) is 5. The summed E-state index contributed by atoms with van der Waals surface area (Å²) in [4.78, 5) is 24.0. The number of carbonyl (C=O) groups excluding carboxylic acids is 2. The molecule has 0 aromatic heterocycles. The van der Waals surface area contributed by atoms with E-state index in [1.807, 2.05) is 0 Å². The second-order valence-corrected chi connectivity index (χ2v) is 7.56. The summed E-state index contributed by atoms with van der Waals surface area (Å²) < 4.78 is 9.99. The van der Waals surface area contributed by atoms with Crippen LogP contribution >= 0.6 is 0 Å². The maximum atomic E-state index is 12.2.